The van der Waals surface area contributed by atoms with Crippen molar-refractivity contribution in [3.63, 3.8) is 0 Å². The Morgan fingerprint density at radius 3 is 2.54 bits per heavy atom. The third-order valence-electron chi connectivity index (χ3n) is 5.18. The van der Waals surface area contributed by atoms with Crippen LogP contribution in [0.15, 0.2) is 36.4 Å². The highest BCUT2D eigenvalue weighted by Crippen LogP contribution is 2.38. The molecule has 0 aromatic heterocycles. The predicted molar refractivity (Wildman–Crippen MR) is 94.8 cm³/mol. The van der Waals surface area contributed by atoms with Crippen molar-refractivity contribution in [2.24, 2.45) is 0 Å². The summed E-state index contributed by atoms with van der Waals surface area (Å²) >= 11 is 0. The van der Waals surface area contributed by atoms with Crippen LogP contribution in [0.5, 0.6) is 17.2 Å². The molecule has 1 N–H and O–H groups in total. The summed E-state index contributed by atoms with van der Waals surface area (Å²) in [5.74, 6) is 1.63. The van der Waals surface area contributed by atoms with Crippen LogP contribution < -0.4 is 9.47 Å². The maximum atomic E-state index is 10.1. The zero-order valence-corrected chi connectivity index (χ0v) is 14.9. The van der Waals surface area contributed by atoms with Crippen molar-refractivity contribution in [2.75, 3.05) is 34.9 Å². The normalized spacial score (nSPS) is 18.8. The lowest BCUT2D eigenvalue weighted by molar-refractivity contribution is -0.923. The predicted octanol–water partition coefficient (Wildman–Crippen LogP) is 3.33. The van der Waals surface area contributed by atoms with E-state index in [1.807, 2.05) is 24.3 Å². The summed E-state index contributed by atoms with van der Waals surface area (Å²) in [6.45, 7) is 1.09. The van der Waals surface area contributed by atoms with Crippen molar-refractivity contribution in [3.05, 3.63) is 53.1 Å². The highest BCUT2D eigenvalue weighted by Gasteiger charge is 2.36. The van der Waals surface area contributed by atoms with Crippen LogP contribution in [-0.2, 0) is 12.8 Å². The first-order valence-electron chi connectivity index (χ1n) is 8.30. The first kappa shape index (κ1) is 16.7. The Kier molecular flexibility index (Phi) is 4.41. The minimum atomic E-state index is 0.200. The van der Waals surface area contributed by atoms with Crippen molar-refractivity contribution in [2.45, 2.75) is 18.9 Å². The van der Waals surface area contributed by atoms with Gasteiger partial charge in [0.25, 0.3) is 0 Å². The number of hydrogen-bond donors (Lipinski definition) is 1. The summed E-state index contributed by atoms with van der Waals surface area (Å²) in [7, 11) is 7.84. The molecule has 0 fully saturated rings. The van der Waals surface area contributed by atoms with Crippen LogP contribution >= 0.6 is 0 Å². The number of rotatable bonds is 4. The quantitative estimate of drug-likeness (QED) is 0.875. The third kappa shape index (κ3) is 3.06. The molecule has 1 aliphatic rings. The van der Waals surface area contributed by atoms with Gasteiger partial charge in [-0.1, -0.05) is 6.07 Å². The van der Waals surface area contributed by atoms with Gasteiger partial charge < -0.3 is 19.1 Å². The Hall–Kier alpha value is -2.20. The van der Waals surface area contributed by atoms with Gasteiger partial charge in [-0.2, -0.15) is 0 Å². The van der Waals surface area contributed by atoms with E-state index in [1.54, 1.807) is 14.2 Å². The van der Waals surface area contributed by atoms with E-state index in [4.69, 9.17) is 9.47 Å². The Labute approximate surface area is 143 Å². The van der Waals surface area contributed by atoms with Gasteiger partial charge in [0.15, 0.2) is 11.5 Å². The number of likely N-dealkylation sites (N-methyl/N-ethyl adjacent to an activating group) is 1. The average Bonchev–Trinajstić information content (AvgIpc) is 2.57. The average molecular weight is 328 g/mol. The molecule has 0 spiro atoms. The summed E-state index contributed by atoms with van der Waals surface area (Å²) < 4.78 is 11.5. The minimum Gasteiger partial charge on any atom is -0.504 e. The van der Waals surface area contributed by atoms with Gasteiger partial charge in [-0.15, -0.1) is 0 Å². The third-order valence-corrected chi connectivity index (χ3v) is 5.18. The van der Waals surface area contributed by atoms with Gasteiger partial charge >= 0.3 is 0 Å². The number of hydrogen-bond acceptors (Lipinski definition) is 3. The molecular weight excluding hydrogens is 302 g/mol. The summed E-state index contributed by atoms with van der Waals surface area (Å²) in [5, 5.41) is 10.1. The second-order valence-electron chi connectivity index (χ2n) is 7.04. The summed E-state index contributed by atoms with van der Waals surface area (Å²) in [5.41, 5.74) is 3.87. The summed E-state index contributed by atoms with van der Waals surface area (Å²) in [6.07, 6.45) is 1.94. The van der Waals surface area contributed by atoms with Gasteiger partial charge in [0.1, 0.15) is 11.8 Å². The highest BCUT2D eigenvalue weighted by molar-refractivity contribution is 5.43. The molecule has 0 aliphatic carbocycles. The lowest BCUT2D eigenvalue weighted by atomic mass is 9.87. The zero-order valence-electron chi connectivity index (χ0n) is 14.9. The van der Waals surface area contributed by atoms with E-state index in [-0.39, 0.29) is 5.75 Å². The van der Waals surface area contributed by atoms with Crippen molar-refractivity contribution >= 4 is 0 Å². The number of nitrogens with zero attached hydrogens (tertiary/aromatic N) is 1. The van der Waals surface area contributed by atoms with Crippen molar-refractivity contribution in [3.8, 4) is 17.2 Å². The van der Waals surface area contributed by atoms with E-state index in [1.165, 1.54) is 11.1 Å². The number of benzene rings is 2. The monoisotopic (exact) mass is 328 g/mol. The lowest BCUT2D eigenvalue weighted by Gasteiger charge is -2.43. The zero-order chi connectivity index (χ0) is 17.3. The van der Waals surface area contributed by atoms with E-state index in [9.17, 15) is 5.11 Å². The minimum absolute atomic E-state index is 0.200. The van der Waals surface area contributed by atoms with Gasteiger partial charge in [0, 0.05) is 18.4 Å². The molecule has 2 aromatic rings. The fraction of sp³-hybridized carbons (Fsp3) is 0.400. The first-order valence-corrected chi connectivity index (χ1v) is 8.30. The second-order valence-corrected chi connectivity index (χ2v) is 7.04. The topological polar surface area (TPSA) is 38.7 Å². The molecule has 1 heterocycles. The Morgan fingerprint density at radius 1 is 1.08 bits per heavy atom. The largest absolute Gasteiger partial charge is 0.504 e. The first-order chi connectivity index (χ1) is 11.4. The van der Waals surface area contributed by atoms with Crippen LogP contribution in [0.1, 0.15) is 22.7 Å². The van der Waals surface area contributed by atoms with E-state index < -0.39 is 0 Å². The van der Waals surface area contributed by atoms with Crippen molar-refractivity contribution in [1.29, 1.82) is 0 Å². The van der Waals surface area contributed by atoms with Gasteiger partial charge in [-0.25, -0.2) is 0 Å². The molecular formula is C20H26NO3+. The number of fused-ring (bicyclic) bond motifs is 1. The Bertz CT molecular complexity index is 740. The fourth-order valence-electron chi connectivity index (χ4n) is 3.63. The number of methoxy groups -OCH3 is 2. The smallest absolute Gasteiger partial charge is 0.160 e. The van der Waals surface area contributed by atoms with Crippen LogP contribution in [0.3, 0.4) is 0 Å². The molecule has 0 saturated carbocycles. The van der Waals surface area contributed by atoms with E-state index >= 15 is 0 Å². The van der Waals surface area contributed by atoms with Gasteiger partial charge in [0.05, 0.1) is 34.9 Å². The van der Waals surface area contributed by atoms with E-state index in [0.29, 0.717) is 11.8 Å². The number of phenols is 1. The van der Waals surface area contributed by atoms with E-state index in [2.05, 4.69) is 26.2 Å². The molecule has 0 radical (unpaired) electrons. The van der Waals surface area contributed by atoms with Gasteiger partial charge in [-0.3, -0.25) is 0 Å². The molecule has 4 nitrogen and oxygen atoms in total. The number of phenolic OH excluding ortho intramolecular Hbond substituents is 1. The van der Waals surface area contributed by atoms with Crippen molar-refractivity contribution in [1.82, 2.24) is 0 Å². The van der Waals surface area contributed by atoms with Crippen LogP contribution in [0.25, 0.3) is 0 Å². The van der Waals surface area contributed by atoms with Crippen molar-refractivity contribution < 1.29 is 19.1 Å². The SMILES string of the molecule is COc1ccc2c(c1)CC[N+](C)(C)[C@@H]2Cc1ccc(OC)c(O)c1. The molecule has 0 amide bonds. The maximum Gasteiger partial charge on any atom is 0.160 e. The summed E-state index contributed by atoms with van der Waals surface area (Å²) in [6, 6.07) is 12.4. The number of ether oxygens (including phenoxy) is 2. The van der Waals surface area contributed by atoms with Crippen LogP contribution in [-0.4, -0.2) is 44.4 Å². The molecule has 1 aliphatic heterocycles. The molecule has 0 bridgehead atoms. The highest BCUT2D eigenvalue weighted by atomic mass is 16.5. The van der Waals surface area contributed by atoms with Crippen LogP contribution in [0, 0.1) is 0 Å². The molecule has 3 rings (SSSR count). The number of quaternary nitrogens is 1. The Balaban J connectivity index is 1.95. The molecule has 4 heteroatoms. The van der Waals surface area contributed by atoms with Gasteiger partial charge in [-0.05, 0) is 41.5 Å². The van der Waals surface area contributed by atoms with Gasteiger partial charge in [0.2, 0.25) is 0 Å². The molecule has 1 atom stereocenters. The Morgan fingerprint density at radius 2 is 1.88 bits per heavy atom. The second kappa shape index (κ2) is 6.36. The van der Waals surface area contributed by atoms with Crippen LogP contribution in [0.2, 0.25) is 0 Å². The lowest BCUT2D eigenvalue weighted by Crippen LogP contribution is -2.48. The standard InChI is InChI=1S/C20H25NO3/c1-21(2)10-9-15-13-16(23-3)6-7-17(15)18(21)11-14-5-8-20(24-4)19(22)12-14/h5-8,12-13,18H,9-11H2,1-4H3/p+1/t18-/m1/s1. The molecule has 2 aromatic carbocycles. The fourth-order valence-corrected chi connectivity index (χ4v) is 3.63. The molecule has 0 saturated heterocycles. The summed E-state index contributed by atoms with van der Waals surface area (Å²) in [4.78, 5) is 0. The van der Waals surface area contributed by atoms with Crippen LogP contribution in [0.4, 0.5) is 0 Å². The van der Waals surface area contributed by atoms with E-state index in [0.717, 1.165) is 35.2 Å². The molecule has 128 valence electrons. The number of aromatic hydroxyl groups is 1. The molecule has 24 heavy (non-hydrogen) atoms. The molecule has 0 unspecified atom stereocenters. The maximum absolute atomic E-state index is 10.1.